The number of hydrogen-bond acceptors (Lipinski definition) is 2. The molecule has 2 fully saturated rings. The molecule has 0 unspecified atom stereocenters. The maximum absolute atomic E-state index is 5.99. The van der Waals surface area contributed by atoms with Crippen molar-refractivity contribution in [1.82, 2.24) is 5.32 Å². The molecule has 0 atom stereocenters. The molecule has 3 rings (SSSR count). The molecule has 0 spiro atoms. The van der Waals surface area contributed by atoms with Gasteiger partial charge in [-0.2, -0.15) is 0 Å². The summed E-state index contributed by atoms with van der Waals surface area (Å²) in [4.78, 5) is 0. The number of nitrogens with one attached hydrogen (secondary N) is 1. The van der Waals surface area contributed by atoms with Crippen molar-refractivity contribution in [3.63, 3.8) is 0 Å². The zero-order valence-electron chi connectivity index (χ0n) is 12.2. The highest BCUT2D eigenvalue weighted by molar-refractivity contribution is 5.52. The number of rotatable bonds is 3. The summed E-state index contributed by atoms with van der Waals surface area (Å²) in [5, 5.41) is 3.78. The normalized spacial score (nSPS) is 27.5. The van der Waals surface area contributed by atoms with Crippen molar-refractivity contribution in [3.8, 4) is 0 Å². The summed E-state index contributed by atoms with van der Waals surface area (Å²) in [6, 6.07) is 6.10. The number of nitrogens with two attached hydrogens (primary N) is 1. The van der Waals surface area contributed by atoms with Crippen molar-refractivity contribution in [2.45, 2.75) is 70.4 Å². The van der Waals surface area contributed by atoms with Gasteiger partial charge in [-0.15, -0.1) is 0 Å². The molecule has 0 amide bonds. The van der Waals surface area contributed by atoms with Crippen LogP contribution in [0, 0.1) is 13.8 Å². The van der Waals surface area contributed by atoms with Crippen LogP contribution in [0.2, 0.25) is 0 Å². The number of nitrogen functional groups attached to an aromatic ring is 1. The monoisotopic (exact) mass is 258 g/mol. The van der Waals surface area contributed by atoms with E-state index in [-0.39, 0.29) is 0 Å². The molecule has 2 aliphatic rings. The fraction of sp³-hybridized carbons (Fsp3) is 0.647. The van der Waals surface area contributed by atoms with E-state index >= 15 is 0 Å². The van der Waals surface area contributed by atoms with Crippen LogP contribution in [0.3, 0.4) is 0 Å². The Labute approximate surface area is 116 Å². The first-order valence-corrected chi connectivity index (χ1v) is 7.76. The second kappa shape index (κ2) is 5.16. The summed E-state index contributed by atoms with van der Waals surface area (Å²) < 4.78 is 0. The summed E-state index contributed by atoms with van der Waals surface area (Å²) in [5.41, 5.74) is 11.1. The van der Waals surface area contributed by atoms with E-state index in [0.717, 1.165) is 23.7 Å². The van der Waals surface area contributed by atoms with Crippen LogP contribution >= 0.6 is 0 Å². The quantitative estimate of drug-likeness (QED) is 0.812. The zero-order chi connectivity index (χ0) is 13.4. The van der Waals surface area contributed by atoms with Gasteiger partial charge in [0.25, 0.3) is 0 Å². The van der Waals surface area contributed by atoms with Crippen LogP contribution in [-0.4, -0.2) is 12.1 Å². The average molecular weight is 258 g/mol. The molecule has 0 saturated heterocycles. The largest absolute Gasteiger partial charge is 0.399 e. The van der Waals surface area contributed by atoms with E-state index in [0.29, 0.717) is 0 Å². The smallest absolute Gasteiger partial charge is 0.0346 e. The highest BCUT2D eigenvalue weighted by Crippen LogP contribution is 2.36. The van der Waals surface area contributed by atoms with Gasteiger partial charge in [0.2, 0.25) is 0 Å². The standard InChI is InChI=1S/C17H26N2/c1-11-10-17(18)12(2)9-16(11)13-3-5-14(6-4-13)19-15-7-8-15/h9-10,13-15,19H,3-8,18H2,1-2H3. The predicted octanol–water partition coefficient (Wildman–Crippen LogP) is 3.66. The third kappa shape index (κ3) is 2.94. The molecule has 2 aliphatic carbocycles. The van der Waals surface area contributed by atoms with Gasteiger partial charge in [0, 0.05) is 17.8 Å². The van der Waals surface area contributed by atoms with Gasteiger partial charge in [-0.1, -0.05) is 6.07 Å². The third-order valence-electron chi connectivity index (χ3n) is 4.87. The van der Waals surface area contributed by atoms with Crippen LogP contribution in [-0.2, 0) is 0 Å². The summed E-state index contributed by atoms with van der Waals surface area (Å²) in [6.07, 6.45) is 8.13. The van der Waals surface area contributed by atoms with E-state index < -0.39 is 0 Å². The van der Waals surface area contributed by atoms with Crippen LogP contribution in [0.15, 0.2) is 12.1 Å². The van der Waals surface area contributed by atoms with Crippen molar-refractivity contribution in [2.24, 2.45) is 0 Å². The summed E-state index contributed by atoms with van der Waals surface area (Å²) in [5.74, 6) is 0.747. The van der Waals surface area contributed by atoms with Gasteiger partial charge in [0.1, 0.15) is 0 Å². The summed E-state index contributed by atoms with van der Waals surface area (Å²) in [7, 11) is 0. The molecule has 0 aliphatic heterocycles. The molecule has 0 radical (unpaired) electrons. The van der Waals surface area contributed by atoms with Crippen LogP contribution in [0.25, 0.3) is 0 Å². The zero-order valence-corrected chi connectivity index (χ0v) is 12.2. The van der Waals surface area contributed by atoms with E-state index in [2.05, 4.69) is 31.3 Å². The van der Waals surface area contributed by atoms with E-state index in [9.17, 15) is 0 Å². The first-order valence-electron chi connectivity index (χ1n) is 7.76. The van der Waals surface area contributed by atoms with Crippen molar-refractivity contribution < 1.29 is 0 Å². The lowest BCUT2D eigenvalue weighted by atomic mass is 9.79. The molecule has 2 nitrogen and oxygen atoms in total. The molecular weight excluding hydrogens is 232 g/mol. The van der Waals surface area contributed by atoms with E-state index in [1.807, 2.05) is 0 Å². The van der Waals surface area contributed by atoms with Gasteiger partial charge >= 0.3 is 0 Å². The maximum atomic E-state index is 5.99. The lowest BCUT2D eigenvalue weighted by molar-refractivity contribution is 0.340. The lowest BCUT2D eigenvalue weighted by Crippen LogP contribution is -2.34. The molecule has 0 aromatic heterocycles. The van der Waals surface area contributed by atoms with Gasteiger partial charge in [0.05, 0.1) is 0 Å². The first kappa shape index (κ1) is 13.0. The molecule has 0 heterocycles. The van der Waals surface area contributed by atoms with Crippen molar-refractivity contribution in [2.75, 3.05) is 5.73 Å². The van der Waals surface area contributed by atoms with Crippen LogP contribution < -0.4 is 11.1 Å². The van der Waals surface area contributed by atoms with Gasteiger partial charge in [-0.25, -0.2) is 0 Å². The molecule has 3 N–H and O–H groups in total. The summed E-state index contributed by atoms with van der Waals surface area (Å²) >= 11 is 0. The van der Waals surface area contributed by atoms with Crippen molar-refractivity contribution >= 4 is 5.69 Å². The second-order valence-corrected chi connectivity index (χ2v) is 6.55. The SMILES string of the molecule is Cc1cc(C2CCC(NC3CC3)CC2)c(C)cc1N. The van der Waals surface area contributed by atoms with Crippen LogP contribution in [0.4, 0.5) is 5.69 Å². The molecule has 19 heavy (non-hydrogen) atoms. The predicted molar refractivity (Wildman–Crippen MR) is 81.5 cm³/mol. The second-order valence-electron chi connectivity index (χ2n) is 6.55. The lowest BCUT2D eigenvalue weighted by Gasteiger charge is -2.30. The molecule has 104 valence electrons. The average Bonchev–Trinajstić information content (AvgIpc) is 3.19. The number of benzene rings is 1. The van der Waals surface area contributed by atoms with Crippen LogP contribution in [0.1, 0.15) is 61.1 Å². The molecule has 1 aromatic carbocycles. The fourth-order valence-electron chi connectivity index (χ4n) is 3.46. The highest BCUT2D eigenvalue weighted by Gasteiger charge is 2.28. The van der Waals surface area contributed by atoms with E-state index in [4.69, 9.17) is 5.73 Å². The Bertz CT molecular complexity index is 455. The Kier molecular flexibility index (Phi) is 3.53. The topological polar surface area (TPSA) is 38.0 Å². The van der Waals surface area contributed by atoms with Crippen LogP contribution in [0.5, 0.6) is 0 Å². The summed E-state index contributed by atoms with van der Waals surface area (Å²) in [6.45, 7) is 4.33. The Hall–Kier alpha value is -1.02. The van der Waals surface area contributed by atoms with Crippen molar-refractivity contribution in [1.29, 1.82) is 0 Å². The minimum absolute atomic E-state index is 0.747. The molecule has 2 heteroatoms. The first-order chi connectivity index (χ1) is 9.13. The maximum Gasteiger partial charge on any atom is 0.0346 e. The molecule has 0 bridgehead atoms. The number of anilines is 1. The Morgan fingerprint density at radius 3 is 2.05 bits per heavy atom. The Morgan fingerprint density at radius 2 is 1.47 bits per heavy atom. The van der Waals surface area contributed by atoms with Gasteiger partial charge in [-0.3, -0.25) is 0 Å². The fourth-order valence-corrected chi connectivity index (χ4v) is 3.46. The Balaban J connectivity index is 1.65. The molecular formula is C17H26N2. The van der Waals surface area contributed by atoms with Crippen molar-refractivity contribution in [3.05, 3.63) is 28.8 Å². The van der Waals surface area contributed by atoms with E-state index in [1.54, 1.807) is 0 Å². The highest BCUT2D eigenvalue weighted by atomic mass is 15.0. The minimum atomic E-state index is 0.747. The Morgan fingerprint density at radius 1 is 0.895 bits per heavy atom. The van der Waals surface area contributed by atoms with Gasteiger partial charge in [-0.05, 0) is 81.0 Å². The number of aryl methyl sites for hydroxylation is 2. The molecule has 2 saturated carbocycles. The van der Waals surface area contributed by atoms with Gasteiger partial charge < -0.3 is 11.1 Å². The van der Waals surface area contributed by atoms with Gasteiger partial charge in [0.15, 0.2) is 0 Å². The minimum Gasteiger partial charge on any atom is -0.399 e. The molecule has 1 aromatic rings. The third-order valence-corrected chi connectivity index (χ3v) is 4.87. The number of hydrogen-bond donors (Lipinski definition) is 2. The van der Waals surface area contributed by atoms with E-state index in [1.165, 1.54) is 55.2 Å².